The summed E-state index contributed by atoms with van der Waals surface area (Å²) in [6.45, 7) is 7.44. The van der Waals surface area contributed by atoms with Crippen molar-refractivity contribution in [1.82, 2.24) is 0 Å². The number of anilines is 1. The molecule has 0 saturated heterocycles. The van der Waals surface area contributed by atoms with Crippen LogP contribution in [-0.2, 0) is 16.0 Å². The van der Waals surface area contributed by atoms with Gasteiger partial charge in [-0.2, -0.15) is 0 Å². The number of nitrogens with one attached hydrogen (secondary N) is 1. The predicted octanol–water partition coefficient (Wildman–Crippen LogP) is 6.46. The van der Waals surface area contributed by atoms with Crippen LogP contribution in [0.5, 0.6) is 0 Å². The second-order valence-electron chi connectivity index (χ2n) is 7.92. The number of carbonyl (C=O) groups excluding carboxylic acids is 2. The number of hydrogen-bond donors (Lipinski definition) is 1. The van der Waals surface area contributed by atoms with E-state index in [9.17, 15) is 9.59 Å². The smallest absolute Gasteiger partial charge is 0.342 e. The Bertz CT molecular complexity index is 921. The normalized spacial score (nSPS) is 19.8. The number of aryl methyl sites for hydroxylation is 1. The minimum absolute atomic E-state index is 0.273. The average molecular weight is 454 g/mol. The first kappa shape index (κ1) is 22.1. The molecule has 29 heavy (non-hydrogen) atoms. The summed E-state index contributed by atoms with van der Waals surface area (Å²) < 4.78 is 4.37. The Morgan fingerprint density at radius 1 is 1.24 bits per heavy atom. The van der Waals surface area contributed by atoms with Crippen LogP contribution in [0.4, 0.5) is 5.00 Å². The van der Waals surface area contributed by atoms with Gasteiger partial charge in [0.1, 0.15) is 14.9 Å². The van der Waals surface area contributed by atoms with Gasteiger partial charge in [-0.25, -0.2) is 4.79 Å². The molecule has 1 unspecified atom stereocenters. The van der Waals surface area contributed by atoms with Crippen molar-refractivity contribution in [3.63, 3.8) is 0 Å². The van der Waals surface area contributed by atoms with E-state index in [0.717, 1.165) is 24.0 Å². The van der Waals surface area contributed by atoms with Crippen LogP contribution in [-0.4, -0.2) is 22.3 Å². The number of amides is 1. The third-order valence-electron chi connectivity index (χ3n) is 5.13. The van der Waals surface area contributed by atoms with Crippen LogP contribution in [0.3, 0.4) is 0 Å². The summed E-state index contributed by atoms with van der Waals surface area (Å²) in [6, 6.07) is 8.12. The first-order valence-corrected chi connectivity index (χ1v) is 11.3. The molecule has 0 radical (unpaired) electrons. The highest BCUT2D eigenvalue weighted by Gasteiger charge is 2.68. The van der Waals surface area contributed by atoms with Crippen LogP contribution >= 0.6 is 34.5 Å². The first-order chi connectivity index (χ1) is 13.6. The molecule has 1 saturated carbocycles. The van der Waals surface area contributed by atoms with E-state index < -0.39 is 15.7 Å². The lowest BCUT2D eigenvalue weighted by Crippen LogP contribution is -2.26. The van der Waals surface area contributed by atoms with Gasteiger partial charge in [0.25, 0.3) is 0 Å². The SMILES string of the molecule is CCCc1ccc(-c2csc(NC(=O)C3(C)CC3(Cl)Cl)c2C(=O)OC(C)C)cc1. The number of alkyl halides is 2. The molecule has 1 heterocycles. The van der Waals surface area contributed by atoms with E-state index in [-0.39, 0.29) is 12.0 Å². The van der Waals surface area contributed by atoms with Gasteiger partial charge in [0.05, 0.1) is 11.5 Å². The largest absolute Gasteiger partial charge is 0.459 e. The van der Waals surface area contributed by atoms with Gasteiger partial charge in [0, 0.05) is 10.9 Å². The zero-order valence-corrected chi connectivity index (χ0v) is 19.3. The predicted molar refractivity (Wildman–Crippen MR) is 120 cm³/mol. The van der Waals surface area contributed by atoms with E-state index in [1.807, 2.05) is 17.5 Å². The van der Waals surface area contributed by atoms with Crippen molar-refractivity contribution in [2.24, 2.45) is 5.41 Å². The molecule has 1 aromatic carbocycles. The molecular formula is C22H25Cl2NO3S. The number of hydrogen-bond acceptors (Lipinski definition) is 4. The van der Waals surface area contributed by atoms with Crippen LogP contribution in [0.2, 0.25) is 0 Å². The number of ether oxygens (including phenoxy) is 1. The Morgan fingerprint density at radius 2 is 1.86 bits per heavy atom. The van der Waals surface area contributed by atoms with Crippen molar-refractivity contribution < 1.29 is 14.3 Å². The van der Waals surface area contributed by atoms with E-state index in [4.69, 9.17) is 27.9 Å². The molecule has 1 fully saturated rings. The highest BCUT2D eigenvalue weighted by molar-refractivity contribution is 7.15. The molecule has 1 aliphatic carbocycles. The van der Waals surface area contributed by atoms with Crippen molar-refractivity contribution in [3.8, 4) is 11.1 Å². The zero-order chi connectivity index (χ0) is 21.4. The summed E-state index contributed by atoms with van der Waals surface area (Å²) in [4.78, 5) is 25.6. The molecule has 1 amide bonds. The molecule has 1 N–H and O–H groups in total. The van der Waals surface area contributed by atoms with Gasteiger partial charge in [-0.1, -0.05) is 37.6 Å². The maximum absolute atomic E-state index is 12.9. The Morgan fingerprint density at radius 3 is 2.38 bits per heavy atom. The van der Waals surface area contributed by atoms with Gasteiger partial charge in [-0.3, -0.25) is 4.79 Å². The van der Waals surface area contributed by atoms with Gasteiger partial charge in [0.2, 0.25) is 5.91 Å². The number of carbonyl (C=O) groups is 2. The van der Waals surface area contributed by atoms with Crippen molar-refractivity contribution >= 4 is 51.4 Å². The quantitative estimate of drug-likeness (QED) is 0.386. The van der Waals surface area contributed by atoms with Crippen molar-refractivity contribution in [1.29, 1.82) is 0 Å². The van der Waals surface area contributed by atoms with Crippen molar-refractivity contribution in [2.45, 2.75) is 57.4 Å². The Hall–Kier alpha value is -1.56. The number of halogens is 2. The second-order valence-corrected chi connectivity index (χ2v) is 10.3. The molecule has 1 atom stereocenters. The van der Waals surface area contributed by atoms with E-state index in [0.29, 0.717) is 17.0 Å². The number of thiophene rings is 1. The van der Waals surface area contributed by atoms with Crippen LogP contribution in [0, 0.1) is 5.41 Å². The van der Waals surface area contributed by atoms with E-state index in [2.05, 4.69) is 24.4 Å². The fraction of sp³-hybridized carbons (Fsp3) is 0.455. The van der Waals surface area contributed by atoms with Gasteiger partial charge in [-0.05, 0) is 44.7 Å². The summed E-state index contributed by atoms with van der Waals surface area (Å²) >= 11 is 13.6. The second kappa shape index (κ2) is 8.29. The van der Waals surface area contributed by atoms with Gasteiger partial charge in [0.15, 0.2) is 0 Å². The fourth-order valence-electron chi connectivity index (χ4n) is 3.16. The fourth-order valence-corrected chi connectivity index (χ4v) is 4.82. The molecule has 4 nitrogen and oxygen atoms in total. The lowest BCUT2D eigenvalue weighted by Gasteiger charge is -2.14. The molecule has 0 aliphatic heterocycles. The highest BCUT2D eigenvalue weighted by Crippen LogP contribution is 2.64. The molecule has 3 rings (SSSR count). The highest BCUT2D eigenvalue weighted by atomic mass is 35.5. The van der Waals surface area contributed by atoms with Crippen molar-refractivity contribution in [3.05, 3.63) is 40.8 Å². The topological polar surface area (TPSA) is 55.4 Å². The summed E-state index contributed by atoms with van der Waals surface area (Å²) in [5.41, 5.74) is 2.37. The van der Waals surface area contributed by atoms with Gasteiger partial charge in [-0.15, -0.1) is 34.5 Å². The molecule has 0 spiro atoms. The van der Waals surface area contributed by atoms with Crippen LogP contribution in [0.1, 0.15) is 56.5 Å². The zero-order valence-electron chi connectivity index (χ0n) is 17.0. The summed E-state index contributed by atoms with van der Waals surface area (Å²) in [6.07, 6.45) is 2.18. The molecule has 2 aromatic rings. The molecule has 7 heteroatoms. The van der Waals surface area contributed by atoms with Crippen LogP contribution < -0.4 is 5.32 Å². The molecule has 1 aliphatic rings. The van der Waals surface area contributed by atoms with Crippen LogP contribution in [0.25, 0.3) is 11.1 Å². The van der Waals surface area contributed by atoms with Crippen molar-refractivity contribution in [2.75, 3.05) is 5.32 Å². The summed E-state index contributed by atoms with van der Waals surface area (Å²) in [7, 11) is 0. The Kier molecular flexibility index (Phi) is 6.32. The van der Waals surface area contributed by atoms with E-state index in [1.165, 1.54) is 16.9 Å². The molecule has 1 aromatic heterocycles. The van der Waals surface area contributed by atoms with Gasteiger partial charge >= 0.3 is 5.97 Å². The minimum Gasteiger partial charge on any atom is -0.459 e. The first-order valence-electron chi connectivity index (χ1n) is 9.70. The summed E-state index contributed by atoms with van der Waals surface area (Å²) in [5.74, 6) is -0.763. The number of esters is 1. The van der Waals surface area contributed by atoms with E-state index in [1.54, 1.807) is 20.8 Å². The minimum atomic E-state index is -1.08. The lowest BCUT2D eigenvalue weighted by molar-refractivity contribution is -0.120. The number of rotatable bonds is 7. The maximum Gasteiger partial charge on any atom is 0.342 e. The maximum atomic E-state index is 12.9. The average Bonchev–Trinajstić information content (AvgIpc) is 2.98. The molecule has 0 bridgehead atoms. The third kappa shape index (κ3) is 4.47. The van der Waals surface area contributed by atoms with Gasteiger partial charge < -0.3 is 10.1 Å². The lowest BCUT2D eigenvalue weighted by atomic mass is 10.0. The Balaban J connectivity index is 1.95. The van der Waals surface area contributed by atoms with E-state index >= 15 is 0 Å². The standard InChI is InChI=1S/C22H25Cl2NO3S/c1-5-6-14-7-9-15(10-8-14)16-11-29-18(17(16)19(26)28-13(2)3)25-20(27)21(4)12-22(21,23)24/h7-11,13H,5-6,12H2,1-4H3,(H,25,27). The summed E-state index contributed by atoms with van der Waals surface area (Å²) in [5, 5.41) is 5.17. The monoisotopic (exact) mass is 453 g/mol. The molecular weight excluding hydrogens is 429 g/mol. The Labute approximate surface area is 185 Å². The van der Waals surface area contributed by atoms with Crippen LogP contribution in [0.15, 0.2) is 29.6 Å². The number of benzene rings is 1. The molecule has 156 valence electrons. The third-order valence-corrected chi connectivity index (χ3v) is 7.12.